The first-order valence-electron chi connectivity index (χ1n) is 5.78. The number of hydrogen-bond acceptors (Lipinski definition) is 1. The first-order chi connectivity index (χ1) is 8.29. The molecule has 0 saturated heterocycles. The van der Waals surface area contributed by atoms with Crippen LogP contribution < -0.4 is 4.74 Å². The van der Waals surface area contributed by atoms with E-state index in [-0.39, 0.29) is 0 Å². The summed E-state index contributed by atoms with van der Waals surface area (Å²) >= 11 is 0. The van der Waals surface area contributed by atoms with Gasteiger partial charge in [0.05, 0.1) is 0 Å². The summed E-state index contributed by atoms with van der Waals surface area (Å²) in [5.41, 5.74) is 2.41. The molecular weight excluding hydrogens is 210 g/mol. The molecule has 2 heteroatoms. The van der Waals surface area contributed by atoms with Crippen LogP contribution in [0.2, 0.25) is 0 Å². The lowest BCUT2D eigenvalue weighted by Crippen LogP contribution is -1.94. The maximum absolute atomic E-state index is 5.55. The third kappa shape index (κ3) is 3.00. The number of aromatic nitrogens is 1. The zero-order valence-electron chi connectivity index (χ0n) is 10.3. The number of ether oxygens (including phenoxy) is 1. The van der Waals surface area contributed by atoms with Crippen LogP contribution in [-0.2, 0) is 0 Å². The second-order valence-electron chi connectivity index (χ2n) is 3.97. The van der Waals surface area contributed by atoms with Gasteiger partial charge in [-0.3, -0.25) is 0 Å². The SMILES string of the molecule is C/C=C/COc1ccc(-n2ccc(C)c2)cc1. The molecule has 17 heavy (non-hydrogen) atoms. The number of nitrogens with zero attached hydrogens (tertiary/aromatic N) is 1. The van der Waals surface area contributed by atoms with Gasteiger partial charge in [-0.05, 0) is 49.7 Å². The smallest absolute Gasteiger partial charge is 0.119 e. The molecule has 0 unspecified atom stereocenters. The van der Waals surface area contributed by atoms with Crippen molar-refractivity contribution < 1.29 is 4.74 Å². The van der Waals surface area contributed by atoms with Crippen LogP contribution in [0.5, 0.6) is 5.75 Å². The fourth-order valence-electron chi connectivity index (χ4n) is 1.62. The molecule has 88 valence electrons. The molecule has 0 radical (unpaired) electrons. The molecule has 0 atom stereocenters. The molecular formula is C15H17NO. The van der Waals surface area contributed by atoms with Gasteiger partial charge in [0.15, 0.2) is 0 Å². The minimum Gasteiger partial charge on any atom is -0.490 e. The van der Waals surface area contributed by atoms with Gasteiger partial charge in [-0.2, -0.15) is 0 Å². The molecule has 0 N–H and O–H groups in total. The highest BCUT2D eigenvalue weighted by Gasteiger charge is 1.97. The molecule has 0 fully saturated rings. The van der Waals surface area contributed by atoms with Crippen molar-refractivity contribution in [1.82, 2.24) is 4.57 Å². The summed E-state index contributed by atoms with van der Waals surface area (Å²) in [6, 6.07) is 10.2. The Morgan fingerprint density at radius 1 is 1.18 bits per heavy atom. The molecule has 1 aromatic heterocycles. The van der Waals surface area contributed by atoms with E-state index in [0.29, 0.717) is 6.61 Å². The molecule has 2 aromatic rings. The van der Waals surface area contributed by atoms with Crippen molar-refractivity contribution in [1.29, 1.82) is 0 Å². The standard InChI is InChI=1S/C15H17NO/c1-3-4-11-17-15-7-5-14(6-8-15)16-10-9-13(2)12-16/h3-10,12H,11H2,1-2H3/b4-3+. The molecule has 0 spiro atoms. The van der Waals surface area contributed by atoms with Crippen LogP contribution in [0.1, 0.15) is 12.5 Å². The third-order valence-corrected chi connectivity index (χ3v) is 2.56. The fraction of sp³-hybridized carbons (Fsp3) is 0.200. The number of rotatable bonds is 4. The summed E-state index contributed by atoms with van der Waals surface area (Å²) in [4.78, 5) is 0. The van der Waals surface area contributed by atoms with Gasteiger partial charge in [-0.1, -0.05) is 12.2 Å². The number of benzene rings is 1. The predicted octanol–water partition coefficient (Wildman–Crippen LogP) is 3.74. The van der Waals surface area contributed by atoms with Crippen LogP contribution in [0.25, 0.3) is 5.69 Å². The lowest BCUT2D eigenvalue weighted by atomic mass is 10.3. The van der Waals surface area contributed by atoms with Gasteiger partial charge in [0, 0.05) is 18.1 Å². The van der Waals surface area contributed by atoms with Crippen LogP contribution >= 0.6 is 0 Å². The highest BCUT2D eigenvalue weighted by atomic mass is 16.5. The Bertz CT molecular complexity index is 494. The molecule has 1 aromatic carbocycles. The van der Waals surface area contributed by atoms with Crippen molar-refractivity contribution in [3.63, 3.8) is 0 Å². The molecule has 0 aliphatic carbocycles. The summed E-state index contributed by atoms with van der Waals surface area (Å²) in [6.07, 6.45) is 8.14. The van der Waals surface area contributed by atoms with E-state index < -0.39 is 0 Å². The second-order valence-corrected chi connectivity index (χ2v) is 3.97. The van der Waals surface area contributed by atoms with Crippen molar-refractivity contribution in [2.24, 2.45) is 0 Å². The Labute approximate surface area is 102 Å². The van der Waals surface area contributed by atoms with Crippen LogP contribution in [0.15, 0.2) is 54.9 Å². The van der Waals surface area contributed by atoms with Crippen LogP contribution in [0.4, 0.5) is 0 Å². The molecule has 0 saturated carbocycles. The second kappa shape index (κ2) is 5.39. The maximum atomic E-state index is 5.55. The van der Waals surface area contributed by atoms with Gasteiger partial charge in [0.2, 0.25) is 0 Å². The normalized spacial score (nSPS) is 10.9. The van der Waals surface area contributed by atoms with Crippen molar-refractivity contribution in [3.05, 3.63) is 60.4 Å². The van der Waals surface area contributed by atoms with Gasteiger partial charge < -0.3 is 9.30 Å². The van der Waals surface area contributed by atoms with Crippen molar-refractivity contribution in [2.45, 2.75) is 13.8 Å². The monoisotopic (exact) mass is 227 g/mol. The Morgan fingerprint density at radius 2 is 1.94 bits per heavy atom. The van der Waals surface area contributed by atoms with E-state index in [9.17, 15) is 0 Å². The van der Waals surface area contributed by atoms with Crippen molar-refractivity contribution >= 4 is 0 Å². The zero-order valence-corrected chi connectivity index (χ0v) is 10.3. The first-order valence-corrected chi connectivity index (χ1v) is 5.78. The summed E-state index contributed by atoms with van der Waals surface area (Å²) in [5.74, 6) is 0.899. The molecule has 1 heterocycles. The van der Waals surface area contributed by atoms with Crippen molar-refractivity contribution in [3.8, 4) is 11.4 Å². The van der Waals surface area contributed by atoms with E-state index in [2.05, 4.69) is 42.1 Å². The van der Waals surface area contributed by atoms with E-state index in [4.69, 9.17) is 4.74 Å². The summed E-state index contributed by atoms with van der Waals surface area (Å²) < 4.78 is 7.65. The molecule has 0 aliphatic rings. The quantitative estimate of drug-likeness (QED) is 0.726. The average molecular weight is 227 g/mol. The molecule has 0 bridgehead atoms. The highest BCUT2D eigenvalue weighted by molar-refractivity contribution is 5.38. The number of allylic oxidation sites excluding steroid dienone is 1. The Hall–Kier alpha value is -1.96. The van der Waals surface area contributed by atoms with Gasteiger partial charge in [-0.15, -0.1) is 0 Å². The van der Waals surface area contributed by atoms with Gasteiger partial charge >= 0.3 is 0 Å². The van der Waals surface area contributed by atoms with Crippen LogP contribution in [0.3, 0.4) is 0 Å². The number of aryl methyl sites for hydroxylation is 1. The summed E-state index contributed by atoms with van der Waals surface area (Å²) in [6.45, 7) is 4.70. The minimum atomic E-state index is 0.623. The average Bonchev–Trinajstić information content (AvgIpc) is 2.77. The lowest BCUT2D eigenvalue weighted by Gasteiger charge is -2.06. The molecule has 2 nitrogen and oxygen atoms in total. The van der Waals surface area contributed by atoms with E-state index >= 15 is 0 Å². The lowest BCUT2D eigenvalue weighted by molar-refractivity contribution is 0.362. The van der Waals surface area contributed by atoms with E-state index in [1.165, 1.54) is 5.56 Å². The first kappa shape index (κ1) is 11.5. The Balaban J connectivity index is 2.07. The minimum absolute atomic E-state index is 0.623. The molecule has 2 rings (SSSR count). The highest BCUT2D eigenvalue weighted by Crippen LogP contribution is 2.16. The number of hydrogen-bond donors (Lipinski definition) is 0. The fourth-order valence-corrected chi connectivity index (χ4v) is 1.62. The van der Waals surface area contributed by atoms with Crippen LogP contribution in [0, 0.1) is 6.92 Å². The van der Waals surface area contributed by atoms with Crippen LogP contribution in [-0.4, -0.2) is 11.2 Å². The summed E-state index contributed by atoms with van der Waals surface area (Å²) in [5, 5.41) is 0. The molecule has 0 aliphatic heterocycles. The predicted molar refractivity (Wildman–Crippen MR) is 70.8 cm³/mol. The van der Waals surface area contributed by atoms with E-state index in [1.807, 2.05) is 31.2 Å². The summed E-state index contributed by atoms with van der Waals surface area (Å²) in [7, 11) is 0. The Morgan fingerprint density at radius 3 is 2.53 bits per heavy atom. The van der Waals surface area contributed by atoms with Gasteiger partial charge in [-0.25, -0.2) is 0 Å². The zero-order chi connectivity index (χ0) is 12.1. The Kier molecular flexibility index (Phi) is 3.66. The largest absolute Gasteiger partial charge is 0.490 e. The van der Waals surface area contributed by atoms with Crippen molar-refractivity contribution in [2.75, 3.05) is 6.61 Å². The maximum Gasteiger partial charge on any atom is 0.119 e. The third-order valence-electron chi connectivity index (χ3n) is 2.56. The topological polar surface area (TPSA) is 14.2 Å². The van der Waals surface area contributed by atoms with Gasteiger partial charge in [0.1, 0.15) is 12.4 Å². The van der Waals surface area contributed by atoms with E-state index in [0.717, 1.165) is 11.4 Å². The van der Waals surface area contributed by atoms with Gasteiger partial charge in [0.25, 0.3) is 0 Å². The molecule has 0 amide bonds. The van der Waals surface area contributed by atoms with E-state index in [1.54, 1.807) is 0 Å².